The van der Waals surface area contributed by atoms with Crippen LogP contribution in [0.3, 0.4) is 0 Å². The molecular formula is C13H13ClN2O. The van der Waals surface area contributed by atoms with Crippen LogP contribution in [0.4, 0.5) is 0 Å². The molecule has 2 aromatic rings. The molecule has 0 bridgehead atoms. The number of benzene rings is 1. The third kappa shape index (κ3) is 2.56. The second-order valence-corrected chi connectivity index (χ2v) is 4.60. The highest BCUT2D eigenvalue weighted by Gasteiger charge is 2.06. The van der Waals surface area contributed by atoms with Crippen molar-refractivity contribution in [3.8, 4) is 11.1 Å². The predicted octanol–water partition coefficient (Wildman–Crippen LogP) is 3.21. The summed E-state index contributed by atoms with van der Waals surface area (Å²) in [6, 6.07) is 9.47. The van der Waals surface area contributed by atoms with E-state index in [0.29, 0.717) is 11.5 Å². The van der Waals surface area contributed by atoms with Crippen LogP contribution in [0.5, 0.6) is 0 Å². The van der Waals surface area contributed by atoms with Gasteiger partial charge in [-0.15, -0.1) is 0 Å². The van der Waals surface area contributed by atoms with Gasteiger partial charge in [0.05, 0.1) is 5.56 Å². The summed E-state index contributed by atoms with van der Waals surface area (Å²) in [7, 11) is 0. The summed E-state index contributed by atoms with van der Waals surface area (Å²) in [6.45, 7) is 4.26. The van der Waals surface area contributed by atoms with E-state index in [4.69, 9.17) is 11.6 Å². The minimum Gasteiger partial charge on any atom is -0.267 e. The highest BCUT2D eigenvalue weighted by molar-refractivity contribution is 6.29. The van der Waals surface area contributed by atoms with Crippen LogP contribution in [0.25, 0.3) is 11.1 Å². The van der Waals surface area contributed by atoms with E-state index in [9.17, 15) is 4.79 Å². The molecular weight excluding hydrogens is 236 g/mol. The zero-order valence-electron chi connectivity index (χ0n) is 9.70. The number of H-pyrrole nitrogens is 1. The average molecular weight is 249 g/mol. The fourth-order valence-electron chi connectivity index (χ4n) is 1.64. The maximum Gasteiger partial charge on any atom is 0.272 e. The Morgan fingerprint density at radius 3 is 2.47 bits per heavy atom. The first kappa shape index (κ1) is 11.9. The van der Waals surface area contributed by atoms with Crippen LogP contribution < -0.4 is 5.56 Å². The van der Waals surface area contributed by atoms with Gasteiger partial charge in [0.2, 0.25) is 0 Å². The van der Waals surface area contributed by atoms with E-state index in [1.807, 2.05) is 24.3 Å². The second-order valence-electron chi connectivity index (χ2n) is 4.21. The lowest BCUT2D eigenvalue weighted by Gasteiger charge is -2.06. The molecule has 1 heterocycles. The van der Waals surface area contributed by atoms with Crippen molar-refractivity contribution in [3.05, 3.63) is 51.4 Å². The standard InChI is InChI=1S/C13H13ClN2O/c1-8(2)9-3-5-10(6-4-9)11-7-12(14)15-16-13(11)17/h3-8H,1-2H3,(H,16,17). The van der Waals surface area contributed by atoms with Crippen molar-refractivity contribution in [1.82, 2.24) is 10.2 Å². The molecule has 2 rings (SSSR count). The Morgan fingerprint density at radius 1 is 1.24 bits per heavy atom. The molecule has 0 fully saturated rings. The van der Waals surface area contributed by atoms with Gasteiger partial charge in [0, 0.05) is 0 Å². The summed E-state index contributed by atoms with van der Waals surface area (Å²) in [5.41, 5.74) is 2.40. The van der Waals surface area contributed by atoms with E-state index in [1.54, 1.807) is 6.07 Å². The Morgan fingerprint density at radius 2 is 1.88 bits per heavy atom. The molecule has 0 radical (unpaired) electrons. The first-order valence-corrected chi connectivity index (χ1v) is 5.81. The number of hydrogen-bond donors (Lipinski definition) is 1. The lowest BCUT2D eigenvalue weighted by atomic mass is 10.00. The van der Waals surface area contributed by atoms with Crippen LogP contribution in [0.1, 0.15) is 25.3 Å². The van der Waals surface area contributed by atoms with Crippen molar-refractivity contribution in [3.63, 3.8) is 0 Å². The Labute approximate surface area is 104 Å². The maximum atomic E-state index is 11.6. The topological polar surface area (TPSA) is 45.8 Å². The van der Waals surface area contributed by atoms with Crippen LogP contribution in [0, 0.1) is 0 Å². The van der Waals surface area contributed by atoms with E-state index in [1.165, 1.54) is 5.56 Å². The second kappa shape index (κ2) is 4.72. The highest BCUT2D eigenvalue weighted by atomic mass is 35.5. The Balaban J connectivity index is 2.46. The molecule has 17 heavy (non-hydrogen) atoms. The van der Waals surface area contributed by atoms with Gasteiger partial charge in [0.25, 0.3) is 5.56 Å². The van der Waals surface area contributed by atoms with Gasteiger partial charge in [-0.25, -0.2) is 5.10 Å². The quantitative estimate of drug-likeness (QED) is 0.887. The summed E-state index contributed by atoms with van der Waals surface area (Å²) >= 11 is 5.77. The third-order valence-corrected chi connectivity index (χ3v) is 2.85. The van der Waals surface area contributed by atoms with Gasteiger partial charge in [-0.3, -0.25) is 4.79 Å². The van der Waals surface area contributed by atoms with E-state index in [-0.39, 0.29) is 10.7 Å². The largest absolute Gasteiger partial charge is 0.272 e. The number of aromatic nitrogens is 2. The Kier molecular flexibility index (Phi) is 3.29. The number of rotatable bonds is 2. The van der Waals surface area contributed by atoms with Gasteiger partial charge in [-0.05, 0) is 23.1 Å². The van der Waals surface area contributed by atoms with Gasteiger partial charge >= 0.3 is 0 Å². The minimum absolute atomic E-state index is 0.230. The Hall–Kier alpha value is -1.61. The molecule has 0 amide bonds. The summed E-state index contributed by atoms with van der Waals surface area (Å²) in [4.78, 5) is 11.6. The first-order valence-electron chi connectivity index (χ1n) is 5.43. The van der Waals surface area contributed by atoms with Crippen molar-refractivity contribution in [1.29, 1.82) is 0 Å². The SMILES string of the molecule is CC(C)c1ccc(-c2cc(Cl)n[nH]c2=O)cc1. The molecule has 0 saturated heterocycles. The van der Waals surface area contributed by atoms with Crippen molar-refractivity contribution in [2.45, 2.75) is 19.8 Å². The molecule has 0 atom stereocenters. The number of nitrogens with one attached hydrogen (secondary N) is 1. The van der Waals surface area contributed by atoms with Crippen LogP contribution in [-0.4, -0.2) is 10.2 Å². The van der Waals surface area contributed by atoms with Gasteiger partial charge in [-0.2, -0.15) is 5.10 Å². The average Bonchev–Trinajstić information content (AvgIpc) is 2.32. The fourth-order valence-corrected chi connectivity index (χ4v) is 1.79. The molecule has 0 aliphatic rings. The summed E-state index contributed by atoms with van der Waals surface area (Å²) < 4.78 is 0. The van der Waals surface area contributed by atoms with Gasteiger partial charge < -0.3 is 0 Å². The molecule has 1 N–H and O–H groups in total. The van der Waals surface area contributed by atoms with Crippen LogP contribution in [0.2, 0.25) is 5.15 Å². The zero-order chi connectivity index (χ0) is 12.4. The van der Waals surface area contributed by atoms with Crippen molar-refractivity contribution >= 4 is 11.6 Å². The Bertz CT molecular complexity index is 573. The molecule has 1 aromatic carbocycles. The van der Waals surface area contributed by atoms with Crippen LogP contribution >= 0.6 is 11.6 Å². The normalized spacial score (nSPS) is 10.8. The first-order chi connectivity index (χ1) is 8.08. The fraction of sp³-hybridized carbons (Fsp3) is 0.231. The van der Waals surface area contributed by atoms with Gasteiger partial charge in [0.1, 0.15) is 5.15 Å². The van der Waals surface area contributed by atoms with Crippen molar-refractivity contribution in [2.75, 3.05) is 0 Å². The molecule has 0 saturated carbocycles. The summed E-state index contributed by atoms with van der Waals surface area (Å²) in [5.74, 6) is 0.475. The number of hydrogen-bond acceptors (Lipinski definition) is 2. The lowest BCUT2D eigenvalue weighted by Crippen LogP contribution is -2.10. The molecule has 0 aliphatic heterocycles. The van der Waals surface area contributed by atoms with Crippen molar-refractivity contribution in [2.24, 2.45) is 0 Å². The van der Waals surface area contributed by atoms with E-state index in [0.717, 1.165) is 5.56 Å². The molecule has 0 unspecified atom stereocenters. The van der Waals surface area contributed by atoms with E-state index < -0.39 is 0 Å². The zero-order valence-corrected chi connectivity index (χ0v) is 10.5. The highest BCUT2D eigenvalue weighted by Crippen LogP contribution is 2.21. The van der Waals surface area contributed by atoms with E-state index >= 15 is 0 Å². The van der Waals surface area contributed by atoms with Gasteiger partial charge in [-0.1, -0.05) is 49.7 Å². The van der Waals surface area contributed by atoms with E-state index in [2.05, 4.69) is 24.0 Å². The van der Waals surface area contributed by atoms with Crippen LogP contribution in [-0.2, 0) is 0 Å². The number of aromatic amines is 1. The molecule has 0 aliphatic carbocycles. The smallest absolute Gasteiger partial charge is 0.267 e. The van der Waals surface area contributed by atoms with Crippen molar-refractivity contribution < 1.29 is 0 Å². The lowest BCUT2D eigenvalue weighted by molar-refractivity contribution is 0.867. The van der Waals surface area contributed by atoms with Gasteiger partial charge in [0.15, 0.2) is 0 Å². The predicted molar refractivity (Wildman–Crippen MR) is 69.4 cm³/mol. The minimum atomic E-state index is -0.230. The molecule has 3 nitrogen and oxygen atoms in total. The number of nitrogens with zero attached hydrogens (tertiary/aromatic N) is 1. The number of halogens is 1. The molecule has 1 aromatic heterocycles. The molecule has 0 spiro atoms. The third-order valence-electron chi connectivity index (χ3n) is 2.66. The molecule has 88 valence electrons. The maximum absolute atomic E-state index is 11.6. The summed E-state index contributed by atoms with van der Waals surface area (Å²) in [5, 5.41) is 6.29. The van der Waals surface area contributed by atoms with Crippen LogP contribution in [0.15, 0.2) is 35.1 Å². The monoisotopic (exact) mass is 248 g/mol. The summed E-state index contributed by atoms with van der Waals surface area (Å²) in [6.07, 6.45) is 0. The molecule has 4 heteroatoms.